The van der Waals surface area contributed by atoms with E-state index >= 15 is 0 Å². The number of carbonyl (C=O) groups is 4. The summed E-state index contributed by atoms with van der Waals surface area (Å²) in [5.74, 6) is -10.1. The monoisotopic (exact) mass is 473 g/mol. The predicted molar refractivity (Wildman–Crippen MR) is 113 cm³/mol. The average Bonchev–Trinajstić information content (AvgIpc) is 2.76. The van der Waals surface area contributed by atoms with Crippen molar-refractivity contribution in [1.82, 2.24) is 0 Å². The van der Waals surface area contributed by atoms with Crippen molar-refractivity contribution in [3.63, 3.8) is 0 Å². The van der Waals surface area contributed by atoms with Gasteiger partial charge in [-0.3, -0.25) is 19.2 Å². The van der Waals surface area contributed by atoms with Crippen molar-refractivity contribution < 1.29 is 49.4 Å². The first-order valence-corrected chi connectivity index (χ1v) is 10.6. The van der Waals surface area contributed by atoms with Crippen molar-refractivity contribution in [2.24, 2.45) is 17.6 Å². The Morgan fingerprint density at radius 3 is 2.50 bits per heavy atom. The Morgan fingerprint density at radius 1 is 1.21 bits per heavy atom. The molecule has 1 fully saturated rings. The molecule has 3 aliphatic carbocycles. The summed E-state index contributed by atoms with van der Waals surface area (Å²) in [6.07, 6.45) is -3.56. The normalized spacial score (nSPS) is 30.4. The minimum Gasteiger partial charge on any atom is -0.508 e. The second-order valence-electron chi connectivity index (χ2n) is 8.60. The zero-order valence-electron chi connectivity index (χ0n) is 18.0. The number of fused-ring (bicyclic) bond motifs is 3. The standard InChI is InChI=1S/C23H23NO10/c1-2-4-12(27)34-19-9-7-11(26)14(22(24)32)20(30)23(9,33)21(31)16-15(19)17(28)8-5-3-6-10(25)13(8)18(16)29/h3,5-6,9,15,17,19,25,28-30,33H,2,4,7H2,1H3,(H2,24,32)/t9-,15+,17+,19-,23-/m1/s1. The molecule has 0 radical (unpaired) electrons. The van der Waals surface area contributed by atoms with Gasteiger partial charge in [0.2, 0.25) is 5.78 Å². The fourth-order valence-corrected chi connectivity index (χ4v) is 5.17. The van der Waals surface area contributed by atoms with E-state index in [0.29, 0.717) is 6.42 Å². The molecule has 3 aliphatic rings. The van der Waals surface area contributed by atoms with Crippen LogP contribution in [0.3, 0.4) is 0 Å². The molecule has 1 amide bonds. The molecule has 1 saturated carbocycles. The van der Waals surface area contributed by atoms with Gasteiger partial charge in [0.25, 0.3) is 5.91 Å². The van der Waals surface area contributed by atoms with Gasteiger partial charge in [0.15, 0.2) is 11.4 Å². The fourth-order valence-electron chi connectivity index (χ4n) is 5.17. The maximum absolute atomic E-state index is 13.6. The number of aliphatic hydroxyl groups is 4. The third kappa shape index (κ3) is 3.04. The lowest BCUT2D eigenvalue weighted by Gasteiger charge is -2.50. The maximum atomic E-state index is 13.6. The molecule has 7 N–H and O–H groups in total. The summed E-state index contributed by atoms with van der Waals surface area (Å²) in [4.78, 5) is 50.4. The third-order valence-corrected chi connectivity index (χ3v) is 6.69. The second-order valence-corrected chi connectivity index (χ2v) is 8.60. The van der Waals surface area contributed by atoms with E-state index in [-0.39, 0.29) is 17.5 Å². The molecule has 0 heterocycles. The van der Waals surface area contributed by atoms with Crippen LogP contribution in [0.25, 0.3) is 5.76 Å². The molecule has 11 heteroatoms. The summed E-state index contributed by atoms with van der Waals surface area (Å²) in [6.45, 7) is 1.70. The molecule has 180 valence electrons. The predicted octanol–water partition coefficient (Wildman–Crippen LogP) is 0.237. The van der Waals surface area contributed by atoms with E-state index in [2.05, 4.69) is 0 Å². The lowest BCUT2D eigenvalue weighted by molar-refractivity contribution is -0.183. The van der Waals surface area contributed by atoms with Gasteiger partial charge in [0.05, 0.1) is 23.2 Å². The smallest absolute Gasteiger partial charge is 0.306 e. The molecule has 0 unspecified atom stereocenters. The van der Waals surface area contributed by atoms with Crippen LogP contribution in [0.1, 0.15) is 43.4 Å². The Kier molecular flexibility index (Phi) is 5.49. The molecule has 0 saturated heterocycles. The molecule has 1 aromatic carbocycles. The Hall–Kier alpha value is -3.70. The SMILES string of the molecule is CCCC(=O)O[C@H]1[C@H]2C(=C(O)c3c(O)cccc3[C@@H]2O)C(=O)[C@]2(O)C(O)=C(C(N)=O)C(=O)C[C@H]12. The minimum atomic E-state index is -2.96. The molecule has 1 aromatic rings. The molecular formula is C23H23NO10. The number of aliphatic hydroxyl groups excluding tert-OH is 3. The van der Waals surface area contributed by atoms with E-state index < -0.39 is 87.9 Å². The van der Waals surface area contributed by atoms with Crippen molar-refractivity contribution in [1.29, 1.82) is 0 Å². The van der Waals surface area contributed by atoms with Gasteiger partial charge in [-0.2, -0.15) is 0 Å². The number of hydrogen-bond donors (Lipinski definition) is 6. The Labute approximate surface area is 192 Å². The Morgan fingerprint density at radius 2 is 1.88 bits per heavy atom. The number of nitrogens with two attached hydrogens (primary N) is 1. The van der Waals surface area contributed by atoms with Crippen molar-refractivity contribution in [3.05, 3.63) is 46.2 Å². The number of aromatic hydroxyl groups is 1. The number of carbonyl (C=O) groups excluding carboxylic acids is 4. The zero-order chi connectivity index (χ0) is 25.1. The molecular weight excluding hydrogens is 450 g/mol. The van der Waals surface area contributed by atoms with E-state index in [4.69, 9.17) is 10.5 Å². The maximum Gasteiger partial charge on any atom is 0.306 e. The van der Waals surface area contributed by atoms with Crippen LogP contribution < -0.4 is 5.73 Å². The van der Waals surface area contributed by atoms with Crippen molar-refractivity contribution >= 4 is 29.2 Å². The van der Waals surface area contributed by atoms with E-state index in [9.17, 15) is 44.7 Å². The molecule has 0 aliphatic heterocycles. The first kappa shape index (κ1) is 23.5. The van der Waals surface area contributed by atoms with E-state index in [1.165, 1.54) is 18.2 Å². The second kappa shape index (κ2) is 7.96. The van der Waals surface area contributed by atoms with Gasteiger partial charge in [-0.1, -0.05) is 19.1 Å². The van der Waals surface area contributed by atoms with Gasteiger partial charge in [0, 0.05) is 18.8 Å². The van der Waals surface area contributed by atoms with Crippen LogP contribution in [-0.2, 0) is 23.9 Å². The lowest BCUT2D eigenvalue weighted by Crippen LogP contribution is -2.64. The quantitative estimate of drug-likeness (QED) is 0.259. The largest absolute Gasteiger partial charge is 0.508 e. The Bertz CT molecular complexity index is 1200. The topological polar surface area (TPSA) is 205 Å². The van der Waals surface area contributed by atoms with E-state index in [1.807, 2.05) is 0 Å². The number of ether oxygens (including phenoxy) is 1. The zero-order valence-corrected chi connectivity index (χ0v) is 18.0. The summed E-state index contributed by atoms with van der Waals surface area (Å²) < 4.78 is 5.52. The minimum absolute atomic E-state index is 0.0285. The Balaban J connectivity index is 2.02. The number of hydrogen-bond acceptors (Lipinski definition) is 10. The molecule has 0 bridgehead atoms. The summed E-state index contributed by atoms with van der Waals surface area (Å²) in [7, 11) is 0. The number of ketones is 2. The number of Topliss-reactive ketones (excluding diaryl/α,β-unsaturated/α-hetero) is 2. The summed E-state index contributed by atoms with van der Waals surface area (Å²) in [6, 6.07) is 3.98. The third-order valence-electron chi connectivity index (χ3n) is 6.69. The number of rotatable bonds is 4. The van der Waals surface area contributed by atoms with E-state index in [0.717, 1.165) is 0 Å². The van der Waals surface area contributed by atoms with Crippen LogP contribution >= 0.6 is 0 Å². The molecule has 4 rings (SSSR count). The highest BCUT2D eigenvalue weighted by Gasteiger charge is 2.66. The van der Waals surface area contributed by atoms with Gasteiger partial charge in [0.1, 0.15) is 28.9 Å². The summed E-state index contributed by atoms with van der Waals surface area (Å²) in [5.41, 5.74) is 0.355. The fraction of sp³-hybridized carbons (Fsp3) is 0.391. The van der Waals surface area contributed by atoms with Gasteiger partial charge in [-0.15, -0.1) is 0 Å². The van der Waals surface area contributed by atoms with Crippen molar-refractivity contribution in [3.8, 4) is 5.75 Å². The average molecular weight is 473 g/mol. The lowest BCUT2D eigenvalue weighted by atomic mass is 9.57. The summed E-state index contributed by atoms with van der Waals surface area (Å²) >= 11 is 0. The number of benzene rings is 1. The number of phenolic OH excluding ortho intramolecular Hbond substituents is 1. The number of amides is 1. The molecule has 11 nitrogen and oxygen atoms in total. The summed E-state index contributed by atoms with van der Waals surface area (Å²) in [5, 5.41) is 54.6. The van der Waals surface area contributed by atoms with Crippen LogP contribution in [0.5, 0.6) is 5.75 Å². The van der Waals surface area contributed by atoms with Crippen LogP contribution in [0.15, 0.2) is 35.1 Å². The molecule has 5 atom stereocenters. The highest BCUT2D eigenvalue weighted by atomic mass is 16.5. The van der Waals surface area contributed by atoms with Gasteiger partial charge >= 0.3 is 5.97 Å². The number of esters is 1. The highest BCUT2D eigenvalue weighted by molar-refractivity contribution is 6.23. The first-order valence-electron chi connectivity index (χ1n) is 10.6. The molecule has 0 aromatic heterocycles. The van der Waals surface area contributed by atoms with Crippen LogP contribution in [0.2, 0.25) is 0 Å². The van der Waals surface area contributed by atoms with Gasteiger partial charge < -0.3 is 36.0 Å². The van der Waals surface area contributed by atoms with Crippen molar-refractivity contribution in [2.75, 3.05) is 0 Å². The number of phenols is 1. The first-order chi connectivity index (χ1) is 16.0. The van der Waals surface area contributed by atoms with Gasteiger partial charge in [-0.25, -0.2) is 0 Å². The highest BCUT2D eigenvalue weighted by Crippen LogP contribution is 2.55. The number of primary amides is 1. The van der Waals surface area contributed by atoms with E-state index in [1.54, 1.807) is 6.92 Å². The van der Waals surface area contributed by atoms with Crippen LogP contribution in [-0.4, -0.2) is 60.7 Å². The van der Waals surface area contributed by atoms with Crippen molar-refractivity contribution in [2.45, 2.75) is 44.0 Å². The van der Waals surface area contributed by atoms with Gasteiger partial charge in [-0.05, 0) is 18.1 Å². The molecule has 0 spiro atoms. The van der Waals surface area contributed by atoms with Crippen LogP contribution in [0.4, 0.5) is 0 Å². The van der Waals surface area contributed by atoms with Crippen LogP contribution in [0, 0.1) is 11.8 Å². The molecule has 34 heavy (non-hydrogen) atoms.